The van der Waals surface area contributed by atoms with Gasteiger partial charge < -0.3 is 15.2 Å². The maximum Gasteiger partial charge on any atom is 0.219 e. The molecule has 0 radical (unpaired) electrons. The van der Waals surface area contributed by atoms with Crippen LogP contribution in [0.1, 0.15) is 55.9 Å². The van der Waals surface area contributed by atoms with Crippen LogP contribution in [0.25, 0.3) is 0 Å². The first-order valence-electron chi connectivity index (χ1n) is 8.21. The first kappa shape index (κ1) is 13.3. The lowest BCUT2D eigenvalue weighted by Gasteiger charge is -2.42. The zero-order valence-electron chi connectivity index (χ0n) is 12.9. The van der Waals surface area contributed by atoms with E-state index in [1.807, 2.05) is 6.92 Å². The first-order valence-corrected chi connectivity index (χ1v) is 8.21. The summed E-state index contributed by atoms with van der Waals surface area (Å²) in [5, 5.41) is 3.69. The Hall–Kier alpha value is -1.36. The molecular weight excluding hydrogens is 264 g/mol. The molecule has 2 N–H and O–H groups in total. The average Bonchev–Trinajstić information content (AvgIpc) is 2.95. The number of nitrogens with one attached hydrogen (secondary N) is 2. The molecule has 0 aromatic carbocycles. The van der Waals surface area contributed by atoms with Crippen LogP contribution in [-0.2, 0) is 11.2 Å². The summed E-state index contributed by atoms with van der Waals surface area (Å²) in [5.41, 5.74) is 2.55. The number of aryl methyl sites for hydroxylation is 1. The minimum absolute atomic E-state index is 0.258. The maximum absolute atomic E-state index is 11.8. The minimum Gasteiger partial charge on any atom is -0.346 e. The van der Waals surface area contributed by atoms with Gasteiger partial charge in [-0.15, -0.1) is 0 Å². The fraction of sp³-hybridized carbons (Fsp3) is 0.750. The number of fused-ring (bicyclic) bond motifs is 3. The topological polar surface area (TPSA) is 61.0 Å². The van der Waals surface area contributed by atoms with Crippen LogP contribution in [0.5, 0.6) is 0 Å². The number of piperidine rings is 1. The SMILES string of the molecule is CC(=O)N1C2CCC1CC(C1NCCc3[nH]c(C)nc31)C2. The maximum atomic E-state index is 11.8. The molecule has 3 aliphatic rings. The highest BCUT2D eigenvalue weighted by Gasteiger charge is 2.45. The van der Waals surface area contributed by atoms with Crippen molar-refractivity contribution in [1.82, 2.24) is 20.2 Å². The van der Waals surface area contributed by atoms with Crippen molar-refractivity contribution in [3.63, 3.8) is 0 Å². The minimum atomic E-state index is 0.258. The predicted molar refractivity (Wildman–Crippen MR) is 79.8 cm³/mol. The third-order valence-corrected chi connectivity index (χ3v) is 5.57. The molecule has 2 saturated heterocycles. The monoisotopic (exact) mass is 288 g/mol. The molecule has 3 unspecified atom stereocenters. The molecule has 2 bridgehead atoms. The fourth-order valence-electron chi connectivity index (χ4n) is 4.85. The molecule has 4 rings (SSSR count). The van der Waals surface area contributed by atoms with Crippen molar-refractivity contribution < 1.29 is 4.79 Å². The lowest BCUT2D eigenvalue weighted by atomic mass is 9.81. The largest absolute Gasteiger partial charge is 0.346 e. The van der Waals surface area contributed by atoms with Crippen molar-refractivity contribution in [2.75, 3.05) is 6.54 Å². The van der Waals surface area contributed by atoms with Gasteiger partial charge in [0.15, 0.2) is 0 Å². The van der Waals surface area contributed by atoms with Crippen molar-refractivity contribution in [2.45, 2.75) is 64.1 Å². The van der Waals surface area contributed by atoms with E-state index in [1.165, 1.54) is 24.2 Å². The Morgan fingerprint density at radius 1 is 1.29 bits per heavy atom. The Balaban J connectivity index is 1.58. The van der Waals surface area contributed by atoms with Gasteiger partial charge >= 0.3 is 0 Å². The summed E-state index contributed by atoms with van der Waals surface area (Å²) in [6.45, 7) is 4.79. The normalized spacial score (nSPS) is 34.9. The number of nitrogens with zero attached hydrogens (tertiary/aromatic N) is 2. The van der Waals surface area contributed by atoms with E-state index in [2.05, 4.69) is 15.2 Å². The van der Waals surface area contributed by atoms with Crippen molar-refractivity contribution in [3.8, 4) is 0 Å². The molecule has 5 nitrogen and oxygen atoms in total. The third-order valence-electron chi connectivity index (χ3n) is 5.57. The van der Waals surface area contributed by atoms with E-state index in [1.54, 1.807) is 6.92 Å². The zero-order chi connectivity index (χ0) is 14.6. The summed E-state index contributed by atoms with van der Waals surface area (Å²) >= 11 is 0. The highest BCUT2D eigenvalue weighted by Crippen LogP contribution is 2.44. The molecule has 1 aromatic heterocycles. The van der Waals surface area contributed by atoms with Crippen molar-refractivity contribution in [1.29, 1.82) is 0 Å². The standard InChI is InChI=1S/C16H24N4O/c1-9-18-14-5-6-17-15(16(14)19-9)11-7-12-3-4-13(8-11)20(12)10(2)21/h11-13,15,17H,3-8H2,1-2H3,(H,18,19). The Labute approximate surface area is 125 Å². The Bertz CT molecular complexity index is 553. The molecule has 114 valence electrons. The smallest absolute Gasteiger partial charge is 0.219 e. The summed E-state index contributed by atoms with van der Waals surface area (Å²) in [6.07, 6.45) is 5.66. The number of carbonyl (C=O) groups is 1. The van der Waals surface area contributed by atoms with Crippen LogP contribution in [-0.4, -0.2) is 39.4 Å². The van der Waals surface area contributed by atoms with Crippen LogP contribution in [0.4, 0.5) is 0 Å². The molecule has 0 aliphatic carbocycles. The molecular formula is C16H24N4O. The summed E-state index contributed by atoms with van der Waals surface area (Å²) in [5.74, 6) is 1.89. The van der Waals surface area contributed by atoms with Crippen molar-refractivity contribution in [2.24, 2.45) is 5.92 Å². The Kier molecular flexibility index (Phi) is 3.06. The van der Waals surface area contributed by atoms with Crippen LogP contribution in [0.2, 0.25) is 0 Å². The summed E-state index contributed by atoms with van der Waals surface area (Å²) < 4.78 is 0. The number of aromatic nitrogens is 2. The van der Waals surface area contributed by atoms with E-state index >= 15 is 0 Å². The lowest BCUT2D eigenvalue weighted by molar-refractivity contribution is -0.134. The van der Waals surface area contributed by atoms with E-state index in [-0.39, 0.29) is 5.91 Å². The van der Waals surface area contributed by atoms with Gasteiger partial charge in [0.1, 0.15) is 5.82 Å². The molecule has 5 heteroatoms. The molecule has 0 spiro atoms. The van der Waals surface area contributed by atoms with Gasteiger partial charge in [-0.25, -0.2) is 4.98 Å². The number of aromatic amines is 1. The fourth-order valence-corrected chi connectivity index (χ4v) is 4.85. The van der Waals surface area contributed by atoms with Gasteiger partial charge in [-0.1, -0.05) is 0 Å². The Morgan fingerprint density at radius 2 is 2.00 bits per heavy atom. The molecule has 0 saturated carbocycles. The van der Waals surface area contributed by atoms with Crippen LogP contribution in [0.3, 0.4) is 0 Å². The van der Waals surface area contributed by atoms with E-state index in [4.69, 9.17) is 4.98 Å². The van der Waals surface area contributed by atoms with Crippen LogP contribution in [0.15, 0.2) is 0 Å². The molecule has 3 aliphatic heterocycles. The molecule has 2 fully saturated rings. The molecule has 4 heterocycles. The third kappa shape index (κ3) is 2.09. The second-order valence-corrected chi connectivity index (χ2v) is 6.91. The van der Waals surface area contributed by atoms with Gasteiger partial charge in [0.2, 0.25) is 5.91 Å². The summed E-state index contributed by atoms with van der Waals surface area (Å²) in [7, 11) is 0. The molecule has 3 atom stereocenters. The quantitative estimate of drug-likeness (QED) is 0.827. The number of rotatable bonds is 1. The van der Waals surface area contributed by atoms with Crippen LogP contribution >= 0.6 is 0 Å². The highest BCUT2D eigenvalue weighted by molar-refractivity contribution is 5.74. The number of H-pyrrole nitrogens is 1. The van der Waals surface area contributed by atoms with Crippen LogP contribution < -0.4 is 5.32 Å². The average molecular weight is 288 g/mol. The van der Waals surface area contributed by atoms with E-state index < -0.39 is 0 Å². The number of hydrogen-bond donors (Lipinski definition) is 2. The number of hydrogen-bond acceptors (Lipinski definition) is 3. The molecule has 1 aromatic rings. The lowest BCUT2D eigenvalue weighted by Crippen LogP contribution is -2.48. The van der Waals surface area contributed by atoms with Gasteiger partial charge in [-0.2, -0.15) is 0 Å². The van der Waals surface area contributed by atoms with Gasteiger partial charge in [0.05, 0.1) is 11.7 Å². The number of carbonyl (C=O) groups excluding carboxylic acids is 1. The van der Waals surface area contributed by atoms with Crippen LogP contribution in [0, 0.1) is 12.8 Å². The van der Waals surface area contributed by atoms with Gasteiger partial charge in [-0.05, 0) is 38.5 Å². The van der Waals surface area contributed by atoms with Crippen molar-refractivity contribution in [3.05, 3.63) is 17.2 Å². The summed E-state index contributed by atoms with van der Waals surface area (Å²) in [6, 6.07) is 1.29. The van der Waals surface area contributed by atoms with E-state index in [0.717, 1.165) is 31.6 Å². The van der Waals surface area contributed by atoms with E-state index in [0.29, 0.717) is 24.0 Å². The first-order chi connectivity index (χ1) is 10.1. The predicted octanol–water partition coefficient (Wildman–Crippen LogP) is 1.69. The Morgan fingerprint density at radius 3 is 2.67 bits per heavy atom. The highest BCUT2D eigenvalue weighted by atomic mass is 16.2. The molecule has 1 amide bonds. The van der Waals surface area contributed by atoms with Crippen molar-refractivity contribution >= 4 is 5.91 Å². The number of amides is 1. The second kappa shape index (κ2) is 4.83. The number of imidazole rings is 1. The summed E-state index contributed by atoms with van der Waals surface area (Å²) in [4.78, 5) is 22.1. The second-order valence-electron chi connectivity index (χ2n) is 6.91. The van der Waals surface area contributed by atoms with E-state index in [9.17, 15) is 4.79 Å². The van der Waals surface area contributed by atoms with Gasteiger partial charge in [0.25, 0.3) is 0 Å². The zero-order valence-corrected chi connectivity index (χ0v) is 12.9. The molecule has 21 heavy (non-hydrogen) atoms. The van der Waals surface area contributed by atoms with Gasteiger partial charge in [0, 0.05) is 37.7 Å². The van der Waals surface area contributed by atoms with Gasteiger partial charge in [-0.3, -0.25) is 4.79 Å².